The highest BCUT2D eigenvalue weighted by molar-refractivity contribution is 8.07. The van der Waals surface area contributed by atoms with Gasteiger partial charge >= 0.3 is 0 Å². The van der Waals surface area contributed by atoms with Gasteiger partial charge in [0.05, 0.1) is 0 Å². The van der Waals surface area contributed by atoms with Crippen LogP contribution in [-0.4, -0.2) is 35.1 Å². The summed E-state index contributed by atoms with van der Waals surface area (Å²) in [6.07, 6.45) is 0.732. The van der Waals surface area contributed by atoms with Gasteiger partial charge in [0.25, 0.3) is 0 Å². The molecule has 1 aromatic carbocycles. The summed E-state index contributed by atoms with van der Waals surface area (Å²) in [5, 5.41) is 4.43. The molecule has 1 aromatic rings. The maximum Gasteiger partial charge on any atom is 0.159 e. The summed E-state index contributed by atoms with van der Waals surface area (Å²) in [5.41, 5.74) is 0.849. The van der Waals surface area contributed by atoms with Gasteiger partial charge in [-0.15, -0.1) is 0 Å². The third kappa shape index (κ3) is 3.86. The van der Waals surface area contributed by atoms with E-state index in [0.717, 1.165) is 17.7 Å². The predicted octanol–water partition coefficient (Wildman–Crippen LogP) is 3.33. The molecule has 3 unspecified atom stereocenters. The Morgan fingerprint density at radius 2 is 2.00 bits per heavy atom. The summed E-state index contributed by atoms with van der Waals surface area (Å²) in [4.78, 5) is 0. The number of hydrogen-bond acceptors (Lipinski definition) is 3. The molecule has 0 bridgehead atoms. The zero-order valence-corrected chi connectivity index (χ0v) is 12.8. The normalized spacial score (nSPS) is 25.3. The van der Waals surface area contributed by atoms with Crippen molar-refractivity contribution in [2.45, 2.75) is 29.9 Å². The number of rotatable bonds is 4. The highest BCUT2D eigenvalue weighted by atomic mass is 32.2. The Labute approximate surface area is 121 Å². The fourth-order valence-corrected chi connectivity index (χ4v) is 5.40. The molecule has 0 aromatic heterocycles. The summed E-state index contributed by atoms with van der Waals surface area (Å²) in [7, 11) is 1.94. The zero-order valence-electron chi connectivity index (χ0n) is 11.2. The lowest BCUT2D eigenvalue weighted by Crippen LogP contribution is -2.44. The van der Waals surface area contributed by atoms with Gasteiger partial charge in [-0.05, 0) is 31.2 Å². The lowest BCUT2D eigenvalue weighted by atomic mass is 10.0. The minimum atomic E-state index is -0.777. The van der Waals surface area contributed by atoms with Gasteiger partial charge in [-0.3, -0.25) is 0 Å². The van der Waals surface area contributed by atoms with Crippen LogP contribution in [0.1, 0.15) is 12.5 Å². The molecule has 1 fully saturated rings. The number of nitrogens with one attached hydrogen (secondary N) is 1. The average Bonchev–Trinajstić information content (AvgIpc) is 2.41. The van der Waals surface area contributed by atoms with Crippen molar-refractivity contribution in [3.63, 3.8) is 0 Å². The van der Waals surface area contributed by atoms with Crippen molar-refractivity contribution in [3.8, 4) is 0 Å². The Kier molecular flexibility index (Phi) is 5.54. The van der Waals surface area contributed by atoms with Crippen LogP contribution in [0.25, 0.3) is 0 Å². The molecule has 3 atom stereocenters. The number of thioether (sulfide) groups is 2. The van der Waals surface area contributed by atoms with Crippen LogP contribution in [0.3, 0.4) is 0 Å². The highest BCUT2D eigenvalue weighted by Crippen LogP contribution is 2.34. The lowest BCUT2D eigenvalue weighted by Gasteiger charge is -2.34. The lowest BCUT2D eigenvalue weighted by molar-refractivity contribution is 0.500. The molecule has 1 aliphatic heterocycles. The van der Waals surface area contributed by atoms with Crippen LogP contribution < -0.4 is 5.32 Å². The summed E-state index contributed by atoms with van der Waals surface area (Å²) >= 11 is 3.97. The highest BCUT2D eigenvalue weighted by Gasteiger charge is 2.29. The van der Waals surface area contributed by atoms with Gasteiger partial charge in [0.15, 0.2) is 11.6 Å². The van der Waals surface area contributed by atoms with Crippen LogP contribution in [0.5, 0.6) is 0 Å². The molecule has 1 aliphatic rings. The van der Waals surface area contributed by atoms with E-state index in [1.165, 1.54) is 17.9 Å². The fourth-order valence-electron chi connectivity index (χ4n) is 2.39. The molecule has 0 spiro atoms. The van der Waals surface area contributed by atoms with Crippen LogP contribution >= 0.6 is 23.5 Å². The van der Waals surface area contributed by atoms with Gasteiger partial charge in [0, 0.05) is 28.0 Å². The Balaban J connectivity index is 2.07. The van der Waals surface area contributed by atoms with Crippen molar-refractivity contribution in [2.75, 3.05) is 18.6 Å². The van der Waals surface area contributed by atoms with Crippen molar-refractivity contribution >= 4 is 23.5 Å². The molecule has 2 rings (SSSR count). The largest absolute Gasteiger partial charge is 0.316 e. The maximum absolute atomic E-state index is 13.2. The quantitative estimate of drug-likeness (QED) is 0.916. The Morgan fingerprint density at radius 1 is 1.26 bits per heavy atom. The van der Waals surface area contributed by atoms with Gasteiger partial charge in [-0.2, -0.15) is 23.5 Å². The standard InChI is InChI=1S/C14H19F2NS2/c1-9-14(19-6-5-18-9)13(17-2)8-10-3-4-11(15)12(16)7-10/h3-4,7,9,13-14,17H,5-6,8H2,1-2H3. The van der Waals surface area contributed by atoms with Crippen LogP contribution in [-0.2, 0) is 6.42 Å². The van der Waals surface area contributed by atoms with E-state index < -0.39 is 11.6 Å². The molecule has 19 heavy (non-hydrogen) atoms. The van der Waals surface area contributed by atoms with E-state index in [2.05, 4.69) is 12.2 Å². The van der Waals surface area contributed by atoms with E-state index in [4.69, 9.17) is 0 Å². The van der Waals surface area contributed by atoms with Gasteiger partial charge in [-0.25, -0.2) is 8.78 Å². The molecule has 1 heterocycles. The second-order valence-electron chi connectivity index (χ2n) is 4.76. The summed E-state index contributed by atoms with van der Waals surface area (Å²) in [5.74, 6) is 0.825. The van der Waals surface area contributed by atoms with Gasteiger partial charge in [0.1, 0.15) is 0 Å². The van der Waals surface area contributed by atoms with Crippen LogP contribution in [0.4, 0.5) is 8.78 Å². The Hall–Kier alpha value is -0.260. The van der Waals surface area contributed by atoms with Crippen LogP contribution in [0, 0.1) is 11.6 Å². The molecule has 106 valence electrons. The second kappa shape index (κ2) is 6.95. The second-order valence-corrected chi connectivity index (χ2v) is 7.53. The summed E-state index contributed by atoms with van der Waals surface area (Å²) < 4.78 is 26.2. The smallest absolute Gasteiger partial charge is 0.159 e. The summed E-state index contributed by atoms with van der Waals surface area (Å²) in [6, 6.07) is 4.49. The van der Waals surface area contributed by atoms with E-state index in [-0.39, 0.29) is 6.04 Å². The molecule has 0 saturated carbocycles. The Morgan fingerprint density at radius 3 is 2.63 bits per heavy atom. The molecule has 0 radical (unpaired) electrons. The SMILES string of the molecule is CNC(Cc1ccc(F)c(F)c1)C1SCCSC1C. The van der Waals surface area contributed by atoms with Crippen LogP contribution in [0.15, 0.2) is 18.2 Å². The monoisotopic (exact) mass is 303 g/mol. The van der Waals surface area contributed by atoms with Crippen molar-refractivity contribution < 1.29 is 8.78 Å². The molecule has 1 saturated heterocycles. The van der Waals surface area contributed by atoms with Gasteiger partial charge < -0.3 is 5.32 Å². The fraction of sp³-hybridized carbons (Fsp3) is 0.571. The van der Waals surface area contributed by atoms with Crippen molar-refractivity contribution in [1.29, 1.82) is 0 Å². The molecular weight excluding hydrogens is 284 g/mol. The van der Waals surface area contributed by atoms with Gasteiger partial charge in [-0.1, -0.05) is 13.0 Å². The number of halogens is 2. The third-order valence-corrected chi connectivity index (χ3v) is 6.70. The number of hydrogen-bond donors (Lipinski definition) is 1. The van der Waals surface area contributed by atoms with Crippen molar-refractivity contribution in [1.82, 2.24) is 5.32 Å². The minimum absolute atomic E-state index is 0.290. The first kappa shape index (κ1) is 15.1. The topological polar surface area (TPSA) is 12.0 Å². The van der Waals surface area contributed by atoms with Crippen molar-refractivity contribution in [3.05, 3.63) is 35.4 Å². The molecule has 1 nitrogen and oxygen atoms in total. The van der Waals surface area contributed by atoms with Crippen LogP contribution in [0.2, 0.25) is 0 Å². The number of benzene rings is 1. The van der Waals surface area contributed by atoms with Crippen molar-refractivity contribution in [2.24, 2.45) is 0 Å². The average molecular weight is 303 g/mol. The van der Waals surface area contributed by atoms with E-state index in [1.807, 2.05) is 30.6 Å². The molecular formula is C14H19F2NS2. The first-order valence-corrected chi connectivity index (χ1v) is 8.56. The maximum atomic E-state index is 13.2. The minimum Gasteiger partial charge on any atom is -0.316 e. The first-order chi connectivity index (χ1) is 9.11. The third-order valence-electron chi connectivity index (χ3n) is 3.44. The summed E-state index contributed by atoms with van der Waals surface area (Å²) in [6.45, 7) is 2.25. The first-order valence-electron chi connectivity index (χ1n) is 6.46. The number of likely N-dealkylation sites (N-methyl/N-ethyl adjacent to an activating group) is 1. The van der Waals surface area contributed by atoms with Gasteiger partial charge in [0.2, 0.25) is 0 Å². The van der Waals surface area contributed by atoms with E-state index >= 15 is 0 Å². The van der Waals surface area contributed by atoms with E-state index in [0.29, 0.717) is 10.5 Å². The molecule has 1 N–H and O–H groups in total. The van der Waals surface area contributed by atoms with E-state index in [1.54, 1.807) is 6.07 Å². The molecule has 0 aliphatic carbocycles. The Bertz CT molecular complexity index is 428. The molecule has 0 amide bonds. The zero-order chi connectivity index (χ0) is 13.8. The predicted molar refractivity (Wildman–Crippen MR) is 81.1 cm³/mol. The molecule has 5 heteroatoms. The van der Waals surface area contributed by atoms with E-state index in [9.17, 15) is 8.78 Å².